The van der Waals surface area contributed by atoms with Gasteiger partial charge in [-0.25, -0.2) is 0 Å². The molecule has 2 fully saturated rings. The number of aliphatic carboxylic acids is 1. The Bertz CT molecular complexity index is 515. The highest BCUT2D eigenvalue weighted by Crippen LogP contribution is 2.48. The van der Waals surface area contributed by atoms with Gasteiger partial charge in [0.2, 0.25) is 0 Å². The molecule has 0 bridgehead atoms. The minimum atomic E-state index is -0.741. The van der Waals surface area contributed by atoms with Gasteiger partial charge in [0.15, 0.2) is 0 Å². The van der Waals surface area contributed by atoms with Gasteiger partial charge in [0.25, 0.3) is 0 Å². The van der Waals surface area contributed by atoms with Crippen molar-refractivity contribution < 1.29 is 20.1 Å². The molecule has 0 aromatic heterocycles. The van der Waals surface area contributed by atoms with Crippen LogP contribution in [0.2, 0.25) is 0 Å². The maximum Gasteiger partial charge on any atom is 0.303 e. The molecule has 2 aliphatic carbocycles. The number of allylic oxidation sites excluding steroid dienone is 2. The summed E-state index contributed by atoms with van der Waals surface area (Å²) in [4.78, 5) is 10.5. The summed E-state index contributed by atoms with van der Waals surface area (Å²) in [5.74, 6) is 0.287. The molecular formula is C23H38O4. The predicted molar refractivity (Wildman–Crippen MR) is 108 cm³/mol. The first kappa shape index (κ1) is 22.2. The first-order chi connectivity index (χ1) is 12.9. The molecular weight excluding hydrogens is 340 g/mol. The second-order valence-electron chi connectivity index (χ2n) is 8.76. The van der Waals surface area contributed by atoms with Crippen molar-refractivity contribution >= 4 is 5.97 Å². The summed E-state index contributed by atoms with van der Waals surface area (Å²) in [6.45, 7) is 4.38. The number of aliphatic hydroxyl groups excluding tert-OH is 2. The Kier molecular flexibility index (Phi) is 8.56. The Morgan fingerprint density at radius 2 is 2.00 bits per heavy atom. The van der Waals surface area contributed by atoms with Crippen molar-refractivity contribution in [2.24, 2.45) is 23.2 Å². The molecule has 0 amide bonds. The van der Waals surface area contributed by atoms with Crippen LogP contribution in [0, 0.1) is 23.2 Å². The highest BCUT2D eigenvalue weighted by molar-refractivity contribution is 5.66. The van der Waals surface area contributed by atoms with Crippen molar-refractivity contribution in [3.05, 3.63) is 24.3 Å². The van der Waals surface area contributed by atoms with Crippen LogP contribution in [0.3, 0.4) is 0 Å². The van der Waals surface area contributed by atoms with E-state index in [2.05, 4.69) is 38.2 Å². The van der Waals surface area contributed by atoms with Crippen LogP contribution in [0.15, 0.2) is 24.3 Å². The molecule has 0 aromatic carbocycles. The molecule has 0 aromatic rings. The zero-order valence-corrected chi connectivity index (χ0v) is 17.0. The van der Waals surface area contributed by atoms with E-state index in [4.69, 9.17) is 5.11 Å². The van der Waals surface area contributed by atoms with E-state index in [0.29, 0.717) is 24.7 Å². The van der Waals surface area contributed by atoms with Crippen LogP contribution in [-0.2, 0) is 4.79 Å². The Labute approximate surface area is 164 Å². The lowest BCUT2D eigenvalue weighted by Gasteiger charge is -2.45. The summed E-state index contributed by atoms with van der Waals surface area (Å²) in [6.07, 6.45) is 16.6. The Morgan fingerprint density at radius 3 is 2.59 bits per heavy atom. The third kappa shape index (κ3) is 5.92. The van der Waals surface area contributed by atoms with E-state index < -0.39 is 5.97 Å². The fourth-order valence-electron chi connectivity index (χ4n) is 4.95. The zero-order chi connectivity index (χ0) is 19.9. The summed E-state index contributed by atoms with van der Waals surface area (Å²) in [5.41, 5.74) is 0.129. The summed E-state index contributed by atoms with van der Waals surface area (Å²) in [5, 5.41) is 29.7. The van der Waals surface area contributed by atoms with Gasteiger partial charge in [-0.05, 0) is 68.6 Å². The van der Waals surface area contributed by atoms with Gasteiger partial charge >= 0.3 is 5.97 Å². The number of carboxylic acid groups (broad SMARTS) is 1. The van der Waals surface area contributed by atoms with Gasteiger partial charge in [-0.15, -0.1) is 0 Å². The molecule has 0 spiro atoms. The van der Waals surface area contributed by atoms with E-state index in [9.17, 15) is 15.0 Å². The summed E-state index contributed by atoms with van der Waals surface area (Å²) >= 11 is 0. The Hall–Kier alpha value is -1.13. The summed E-state index contributed by atoms with van der Waals surface area (Å²) < 4.78 is 0. The first-order valence-electron chi connectivity index (χ1n) is 10.8. The quantitative estimate of drug-likeness (QED) is 0.359. The third-order valence-electron chi connectivity index (χ3n) is 7.10. The van der Waals surface area contributed by atoms with E-state index in [1.807, 2.05) is 0 Å². The van der Waals surface area contributed by atoms with Gasteiger partial charge in [0, 0.05) is 12.3 Å². The number of hydrogen-bond donors (Lipinski definition) is 3. The summed E-state index contributed by atoms with van der Waals surface area (Å²) in [7, 11) is 0. The van der Waals surface area contributed by atoms with Crippen molar-refractivity contribution in [3.63, 3.8) is 0 Å². The molecule has 3 N–H and O–H groups in total. The van der Waals surface area contributed by atoms with Crippen molar-refractivity contribution in [1.82, 2.24) is 0 Å². The Balaban J connectivity index is 1.83. The van der Waals surface area contributed by atoms with Gasteiger partial charge in [-0.1, -0.05) is 44.6 Å². The van der Waals surface area contributed by atoms with E-state index in [1.165, 1.54) is 6.42 Å². The predicted octanol–water partition coefficient (Wildman–Crippen LogP) is 4.71. The standard InChI is InChI=1S/C23H38O4/c1-3-23(14-9-15-23)21(25)12-8-11-19-18(17(2)16-20(19)24)10-6-4-5-7-13-22(26)27/h4,6,8,11,17-21,24-25H,3,5,7,9-10,12-16H2,1-2H3,(H,26,27)/b6-4-,11-8+/t17?,18-,19?,20+,21?/m0/s1. The number of aliphatic hydroxyl groups is 2. The van der Waals surface area contributed by atoms with Crippen molar-refractivity contribution in [2.75, 3.05) is 0 Å². The molecule has 4 heteroatoms. The van der Waals surface area contributed by atoms with Gasteiger partial charge in [-0.2, -0.15) is 0 Å². The number of rotatable bonds is 11. The number of carbonyl (C=O) groups is 1. The Morgan fingerprint density at radius 1 is 1.26 bits per heavy atom. The average molecular weight is 379 g/mol. The number of hydrogen-bond acceptors (Lipinski definition) is 3. The van der Waals surface area contributed by atoms with Crippen LogP contribution in [0.5, 0.6) is 0 Å². The van der Waals surface area contributed by atoms with Crippen molar-refractivity contribution in [1.29, 1.82) is 0 Å². The van der Waals surface area contributed by atoms with Gasteiger partial charge in [-0.3, -0.25) is 4.79 Å². The van der Waals surface area contributed by atoms with E-state index >= 15 is 0 Å². The smallest absolute Gasteiger partial charge is 0.303 e. The minimum absolute atomic E-state index is 0.129. The minimum Gasteiger partial charge on any atom is -0.481 e. The lowest BCUT2D eigenvalue weighted by atomic mass is 9.63. The van der Waals surface area contributed by atoms with Crippen LogP contribution in [0.4, 0.5) is 0 Å². The largest absolute Gasteiger partial charge is 0.481 e. The van der Waals surface area contributed by atoms with Crippen LogP contribution in [-0.4, -0.2) is 33.5 Å². The monoisotopic (exact) mass is 378 g/mol. The molecule has 0 radical (unpaired) electrons. The maximum atomic E-state index is 10.6. The number of unbranched alkanes of at least 4 members (excludes halogenated alkanes) is 1. The zero-order valence-electron chi connectivity index (χ0n) is 17.0. The molecule has 154 valence electrons. The lowest BCUT2D eigenvalue weighted by Crippen LogP contribution is -2.40. The second-order valence-corrected chi connectivity index (χ2v) is 8.76. The molecule has 5 atom stereocenters. The SMILES string of the molecule is CCC1(C(O)C/C=C/C2[C@@H](C/C=C\CCCC(=O)O)C(C)C[C@H]2O)CCC1. The highest BCUT2D eigenvalue weighted by atomic mass is 16.4. The molecule has 2 saturated carbocycles. The molecule has 0 heterocycles. The fourth-order valence-corrected chi connectivity index (χ4v) is 4.95. The molecule has 2 aliphatic rings. The topological polar surface area (TPSA) is 77.8 Å². The van der Waals surface area contributed by atoms with Gasteiger partial charge in [0.05, 0.1) is 12.2 Å². The van der Waals surface area contributed by atoms with Crippen molar-refractivity contribution in [3.8, 4) is 0 Å². The van der Waals surface area contributed by atoms with Crippen LogP contribution >= 0.6 is 0 Å². The van der Waals surface area contributed by atoms with E-state index in [1.54, 1.807) is 0 Å². The molecule has 0 aliphatic heterocycles. The molecule has 4 nitrogen and oxygen atoms in total. The molecule has 3 unspecified atom stereocenters. The van der Waals surface area contributed by atoms with Gasteiger partial charge < -0.3 is 15.3 Å². The number of carboxylic acids is 1. The normalized spacial score (nSPS) is 31.4. The second kappa shape index (κ2) is 10.4. The molecule has 2 rings (SSSR count). The van der Waals surface area contributed by atoms with E-state index in [0.717, 1.165) is 38.5 Å². The van der Waals surface area contributed by atoms with Gasteiger partial charge in [0.1, 0.15) is 0 Å². The highest BCUT2D eigenvalue weighted by Gasteiger charge is 2.41. The fraction of sp³-hybridized carbons (Fsp3) is 0.783. The average Bonchev–Trinajstić information content (AvgIpc) is 2.84. The van der Waals surface area contributed by atoms with Crippen LogP contribution < -0.4 is 0 Å². The molecule has 0 saturated heterocycles. The summed E-state index contributed by atoms with van der Waals surface area (Å²) in [6, 6.07) is 0. The lowest BCUT2D eigenvalue weighted by molar-refractivity contribution is -0.137. The first-order valence-corrected chi connectivity index (χ1v) is 10.8. The maximum absolute atomic E-state index is 10.6. The van der Waals surface area contributed by atoms with Crippen LogP contribution in [0.25, 0.3) is 0 Å². The van der Waals surface area contributed by atoms with Crippen molar-refractivity contribution in [2.45, 2.75) is 90.3 Å². The third-order valence-corrected chi connectivity index (χ3v) is 7.10. The molecule has 27 heavy (non-hydrogen) atoms. The van der Waals surface area contributed by atoms with Crippen LogP contribution in [0.1, 0.15) is 78.1 Å². The van der Waals surface area contributed by atoms with E-state index in [-0.39, 0.29) is 30.0 Å².